The Labute approximate surface area is 159 Å². The van der Waals surface area contributed by atoms with Crippen LogP contribution < -0.4 is 9.47 Å². The molecule has 1 aromatic rings. The monoisotopic (exact) mass is 379 g/mol. The SMILES string of the molecule is COC(=O)N1CC(c2ccc(OC)c(OCC3CC3)c2)C(C)(C(O)CO)C1. The molecule has 1 aliphatic carbocycles. The minimum atomic E-state index is -0.963. The molecule has 3 rings (SSSR count). The Hall–Kier alpha value is -1.99. The van der Waals surface area contributed by atoms with Gasteiger partial charge in [-0.05, 0) is 36.5 Å². The topological polar surface area (TPSA) is 88.5 Å². The Morgan fingerprint density at radius 2 is 2.07 bits per heavy atom. The third-order valence-corrected chi connectivity index (χ3v) is 5.86. The maximum Gasteiger partial charge on any atom is 0.409 e. The van der Waals surface area contributed by atoms with Gasteiger partial charge in [0, 0.05) is 24.4 Å². The summed E-state index contributed by atoms with van der Waals surface area (Å²) in [4.78, 5) is 13.6. The molecule has 2 N–H and O–H groups in total. The fourth-order valence-corrected chi connectivity index (χ4v) is 3.83. The second-order valence-corrected chi connectivity index (χ2v) is 7.77. The molecule has 1 heterocycles. The van der Waals surface area contributed by atoms with Gasteiger partial charge in [-0.3, -0.25) is 0 Å². The van der Waals surface area contributed by atoms with E-state index in [0.717, 1.165) is 5.56 Å². The first-order valence-electron chi connectivity index (χ1n) is 9.35. The van der Waals surface area contributed by atoms with Crippen LogP contribution in [-0.4, -0.2) is 67.8 Å². The van der Waals surface area contributed by atoms with E-state index in [-0.39, 0.29) is 12.5 Å². The molecule has 0 radical (unpaired) electrons. The van der Waals surface area contributed by atoms with Crippen LogP contribution in [0.3, 0.4) is 0 Å². The third-order valence-electron chi connectivity index (χ3n) is 5.86. The minimum Gasteiger partial charge on any atom is -0.493 e. The van der Waals surface area contributed by atoms with E-state index in [1.54, 1.807) is 12.0 Å². The van der Waals surface area contributed by atoms with Crippen molar-refractivity contribution in [2.45, 2.75) is 31.8 Å². The zero-order valence-corrected chi connectivity index (χ0v) is 16.2. The van der Waals surface area contributed by atoms with E-state index >= 15 is 0 Å². The molecule has 150 valence electrons. The molecular formula is C20H29NO6. The van der Waals surface area contributed by atoms with Gasteiger partial charge in [0.25, 0.3) is 0 Å². The fourth-order valence-electron chi connectivity index (χ4n) is 3.83. The molecule has 7 nitrogen and oxygen atoms in total. The number of aliphatic hydroxyl groups is 2. The maximum absolute atomic E-state index is 12.1. The summed E-state index contributed by atoms with van der Waals surface area (Å²) in [7, 11) is 2.94. The van der Waals surface area contributed by atoms with E-state index in [1.165, 1.54) is 20.0 Å². The number of ether oxygens (including phenoxy) is 3. The third kappa shape index (κ3) is 3.99. The van der Waals surface area contributed by atoms with Crippen LogP contribution in [0.2, 0.25) is 0 Å². The van der Waals surface area contributed by atoms with E-state index in [1.807, 2.05) is 25.1 Å². The lowest BCUT2D eigenvalue weighted by atomic mass is 9.72. The molecule has 0 spiro atoms. The summed E-state index contributed by atoms with van der Waals surface area (Å²) in [5.41, 5.74) is 0.230. The number of rotatable bonds is 7. The second-order valence-electron chi connectivity index (χ2n) is 7.77. The number of methoxy groups -OCH3 is 2. The number of benzene rings is 1. The summed E-state index contributed by atoms with van der Waals surface area (Å²) in [6, 6.07) is 5.70. The first kappa shape index (κ1) is 19.8. The van der Waals surface area contributed by atoms with Crippen LogP contribution in [0.25, 0.3) is 0 Å². The average molecular weight is 379 g/mol. The lowest BCUT2D eigenvalue weighted by Crippen LogP contribution is -2.41. The van der Waals surface area contributed by atoms with Crippen molar-refractivity contribution in [3.63, 3.8) is 0 Å². The number of carbonyl (C=O) groups excluding carboxylic acids is 1. The fraction of sp³-hybridized carbons (Fsp3) is 0.650. The molecule has 3 unspecified atom stereocenters. The summed E-state index contributed by atoms with van der Waals surface area (Å²) in [5.74, 6) is 1.76. The van der Waals surface area contributed by atoms with Crippen LogP contribution in [0.4, 0.5) is 4.79 Å². The van der Waals surface area contributed by atoms with Gasteiger partial charge in [-0.15, -0.1) is 0 Å². The zero-order valence-electron chi connectivity index (χ0n) is 16.2. The van der Waals surface area contributed by atoms with Gasteiger partial charge < -0.3 is 29.3 Å². The van der Waals surface area contributed by atoms with Gasteiger partial charge in [0.2, 0.25) is 0 Å². The molecule has 27 heavy (non-hydrogen) atoms. The molecule has 1 saturated carbocycles. The molecule has 1 aliphatic heterocycles. The summed E-state index contributed by atoms with van der Waals surface area (Å²) in [6.45, 7) is 2.87. The Morgan fingerprint density at radius 3 is 2.67 bits per heavy atom. The van der Waals surface area contributed by atoms with Gasteiger partial charge in [0.05, 0.1) is 33.5 Å². The molecular weight excluding hydrogens is 350 g/mol. The smallest absolute Gasteiger partial charge is 0.409 e. The molecule has 0 bridgehead atoms. The standard InChI is InChI=1S/C20H29NO6/c1-20(18(23)10-22)12-21(19(24)26-3)9-15(20)14-6-7-16(25-2)17(8-14)27-11-13-4-5-13/h6-8,13,15,18,22-23H,4-5,9-12H2,1-3H3. The van der Waals surface area contributed by atoms with Crippen LogP contribution in [-0.2, 0) is 4.74 Å². The highest BCUT2D eigenvalue weighted by molar-refractivity contribution is 5.68. The minimum absolute atomic E-state index is 0.173. The summed E-state index contributed by atoms with van der Waals surface area (Å²) in [5, 5.41) is 20.1. The first-order valence-corrected chi connectivity index (χ1v) is 9.35. The van der Waals surface area contributed by atoms with Gasteiger partial charge >= 0.3 is 6.09 Å². The van der Waals surface area contributed by atoms with Crippen molar-refractivity contribution in [2.75, 3.05) is 40.5 Å². The number of hydrogen-bond donors (Lipinski definition) is 2. The van der Waals surface area contributed by atoms with Crippen molar-refractivity contribution in [1.82, 2.24) is 4.90 Å². The second kappa shape index (κ2) is 7.94. The van der Waals surface area contributed by atoms with E-state index in [4.69, 9.17) is 14.2 Å². The number of amides is 1. The molecule has 3 atom stereocenters. The Morgan fingerprint density at radius 1 is 1.33 bits per heavy atom. The van der Waals surface area contributed by atoms with Crippen LogP contribution in [0.15, 0.2) is 18.2 Å². The van der Waals surface area contributed by atoms with Crippen molar-refractivity contribution in [1.29, 1.82) is 0 Å². The quantitative estimate of drug-likeness (QED) is 0.753. The van der Waals surface area contributed by atoms with Crippen LogP contribution in [0, 0.1) is 11.3 Å². The molecule has 7 heteroatoms. The van der Waals surface area contributed by atoms with E-state index in [0.29, 0.717) is 37.1 Å². The highest BCUT2D eigenvalue weighted by Gasteiger charge is 2.50. The maximum atomic E-state index is 12.1. The molecule has 1 saturated heterocycles. The van der Waals surface area contributed by atoms with Crippen molar-refractivity contribution >= 4 is 6.09 Å². The summed E-state index contributed by atoms with van der Waals surface area (Å²) < 4.78 is 16.2. The molecule has 2 fully saturated rings. The Bertz CT molecular complexity index is 676. The predicted molar refractivity (Wildman–Crippen MR) is 99.1 cm³/mol. The molecule has 1 amide bonds. The van der Waals surface area contributed by atoms with E-state index in [2.05, 4.69) is 0 Å². The molecule has 2 aliphatic rings. The van der Waals surface area contributed by atoms with Gasteiger partial charge in [0.15, 0.2) is 11.5 Å². The van der Waals surface area contributed by atoms with Crippen LogP contribution in [0.5, 0.6) is 11.5 Å². The number of hydrogen-bond acceptors (Lipinski definition) is 6. The van der Waals surface area contributed by atoms with Gasteiger partial charge in [-0.2, -0.15) is 0 Å². The van der Waals surface area contributed by atoms with E-state index < -0.39 is 17.6 Å². The first-order chi connectivity index (χ1) is 12.9. The Balaban J connectivity index is 1.90. The number of nitrogens with zero attached hydrogens (tertiary/aromatic N) is 1. The zero-order chi connectivity index (χ0) is 19.6. The number of likely N-dealkylation sites (tertiary alicyclic amines) is 1. The van der Waals surface area contributed by atoms with Crippen LogP contribution in [0.1, 0.15) is 31.2 Å². The summed E-state index contributed by atoms with van der Waals surface area (Å²) >= 11 is 0. The summed E-state index contributed by atoms with van der Waals surface area (Å²) in [6.07, 6.45) is 0.988. The normalized spacial score (nSPS) is 26.0. The van der Waals surface area contributed by atoms with Gasteiger partial charge in [0.1, 0.15) is 0 Å². The van der Waals surface area contributed by atoms with Crippen molar-refractivity contribution in [2.24, 2.45) is 11.3 Å². The number of aliphatic hydroxyl groups excluding tert-OH is 2. The van der Waals surface area contributed by atoms with Crippen molar-refractivity contribution in [3.8, 4) is 11.5 Å². The highest BCUT2D eigenvalue weighted by atomic mass is 16.5. The average Bonchev–Trinajstić information content (AvgIpc) is 3.45. The van der Waals surface area contributed by atoms with E-state index in [9.17, 15) is 15.0 Å². The highest BCUT2D eigenvalue weighted by Crippen LogP contribution is 2.47. The largest absolute Gasteiger partial charge is 0.493 e. The lowest BCUT2D eigenvalue weighted by Gasteiger charge is -2.34. The van der Waals surface area contributed by atoms with Gasteiger partial charge in [-0.1, -0.05) is 13.0 Å². The van der Waals surface area contributed by atoms with Gasteiger partial charge in [-0.25, -0.2) is 4.79 Å². The lowest BCUT2D eigenvalue weighted by molar-refractivity contribution is -0.00849. The van der Waals surface area contributed by atoms with Crippen LogP contribution >= 0.6 is 0 Å². The van der Waals surface area contributed by atoms with Crippen molar-refractivity contribution < 1.29 is 29.2 Å². The molecule has 0 aromatic heterocycles. The predicted octanol–water partition coefficient (Wildman–Crippen LogP) is 2.01. The molecule has 1 aromatic carbocycles. The number of carbonyl (C=O) groups is 1. The Kier molecular flexibility index (Phi) is 5.81. The van der Waals surface area contributed by atoms with Crippen molar-refractivity contribution in [3.05, 3.63) is 23.8 Å².